The molecule has 0 unspecified atom stereocenters. The molecule has 1 aromatic rings. The summed E-state index contributed by atoms with van der Waals surface area (Å²) in [5.41, 5.74) is 7.48. The van der Waals surface area contributed by atoms with Crippen LogP contribution in [0.25, 0.3) is 0 Å². The monoisotopic (exact) mass is 276 g/mol. The molecule has 0 aliphatic heterocycles. The second-order valence-electron chi connectivity index (χ2n) is 6.13. The molecule has 0 radical (unpaired) electrons. The Bertz CT molecular complexity index is 424. The number of nitrogens with two attached hydrogens (primary N) is 1. The van der Waals surface area contributed by atoms with Gasteiger partial charge in [0, 0.05) is 25.6 Å². The molecule has 2 N–H and O–H groups in total. The topological polar surface area (TPSA) is 29.3 Å². The first-order valence-corrected chi connectivity index (χ1v) is 7.48. The maximum absolute atomic E-state index is 5.74. The van der Waals surface area contributed by atoms with E-state index in [1.807, 2.05) is 0 Å². The van der Waals surface area contributed by atoms with Gasteiger partial charge in [0.2, 0.25) is 0 Å². The van der Waals surface area contributed by atoms with Crippen LogP contribution in [0.4, 0.5) is 0 Å². The van der Waals surface area contributed by atoms with Crippen LogP contribution in [-0.2, 0) is 6.54 Å². The molecule has 1 fully saturated rings. The minimum atomic E-state index is 0.366. The van der Waals surface area contributed by atoms with E-state index in [-0.39, 0.29) is 0 Å². The maximum atomic E-state index is 5.74. The van der Waals surface area contributed by atoms with Crippen LogP contribution < -0.4 is 5.73 Å². The normalized spacial score (nSPS) is 16.8. The molecule has 104 valence electrons. The lowest BCUT2D eigenvalue weighted by Gasteiger charge is -2.31. The van der Waals surface area contributed by atoms with E-state index < -0.39 is 0 Å². The molecular formula is C16H24N2S. The van der Waals surface area contributed by atoms with E-state index in [1.54, 1.807) is 0 Å². The Kier molecular flexibility index (Phi) is 4.58. The van der Waals surface area contributed by atoms with Crippen molar-refractivity contribution < 1.29 is 0 Å². The summed E-state index contributed by atoms with van der Waals surface area (Å²) in [6, 6.07) is 11.2. The van der Waals surface area contributed by atoms with Gasteiger partial charge >= 0.3 is 0 Å². The summed E-state index contributed by atoms with van der Waals surface area (Å²) in [7, 11) is 0. The molecule has 3 heteroatoms. The zero-order valence-corrected chi connectivity index (χ0v) is 12.7. The van der Waals surface area contributed by atoms with Crippen LogP contribution in [0.2, 0.25) is 0 Å². The highest BCUT2D eigenvalue weighted by Gasteiger charge is 2.44. The predicted octanol–water partition coefficient (Wildman–Crippen LogP) is 3.35. The molecule has 0 atom stereocenters. The molecule has 1 aliphatic rings. The highest BCUT2D eigenvalue weighted by molar-refractivity contribution is 7.80. The van der Waals surface area contributed by atoms with E-state index in [0.717, 1.165) is 19.5 Å². The van der Waals surface area contributed by atoms with E-state index >= 15 is 0 Å². The van der Waals surface area contributed by atoms with Gasteiger partial charge in [0.05, 0.1) is 4.99 Å². The maximum Gasteiger partial charge on any atom is 0.0733 e. The highest BCUT2D eigenvalue weighted by atomic mass is 32.1. The van der Waals surface area contributed by atoms with Gasteiger partial charge < -0.3 is 5.73 Å². The van der Waals surface area contributed by atoms with Crippen molar-refractivity contribution in [3.63, 3.8) is 0 Å². The van der Waals surface area contributed by atoms with Gasteiger partial charge in [-0.05, 0) is 37.7 Å². The van der Waals surface area contributed by atoms with E-state index in [0.29, 0.717) is 16.4 Å². The smallest absolute Gasteiger partial charge is 0.0733 e. The van der Waals surface area contributed by atoms with Crippen LogP contribution in [0, 0.1) is 5.41 Å². The summed E-state index contributed by atoms with van der Waals surface area (Å²) >= 11 is 5.09. The Morgan fingerprint density at radius 2 is 1.95 bits per heavy atom. The van der Waals surface area contributed by atoms with Crippen molar-refractivity contribution in [3.8, 4) is 0 Å². The molecule has 0 amide bonds. The molecule has 1 aliphatic carbocycles. The van der Waals surface area contributed by atoms with Gasteiger partial charge in [-0.3, -0.25) is 4.90 Å². The summed E-state index contributed by atoms with van der Waals surface area (Å²) in [4.78, 5) is 3.21. The second kappa shape index (κ2) is 6.02. The van der Waals surface area contributed by atoms with Crippen LogP contribution >= 0.6 is 12.2 Å². The predicted molar refractivity (Wildman–Crippen MR) is 85.1 cm³/mol. The molecule has 0 spiro atoms. The van der Waals surface area contributed by atoms with Gasteiger partial charge in [-0.2, -0.15) is 0 Å². The van der Waals surface area contributed by atoms with Crippen molar-refractivity contribution in [1.29, 1.82) is 0 Å². The third-order valence-electron chi connectivity index (χ3n) is 4.00. The van der Waals surface area contributed by atoms with Gasteiger partial charge in [0.15, 0.2) is 0 Å². The molecule has 1 aromatic carbocycles. The Balaban J connectivity index is 1.99. The van der Waals surface area contributed by atoms with Crippen LogP contribution in [0.5, 0.6) is 0 Å². The molecule has 1 saturated carbocycles. The third-order valence-corrected chi connectivity index (χ3v) is 4.15. The zero-order valence-electron chi connectivity index (χ0n) is 11.9. The molecule has 0 saturated heterocycles. The summed E-state index contributed by atoms with van der Waals surface area (Å²) in [5, 5.41) is 0. The van der Waals surface area contributed by atoms with Gasteiger partial charge in [-0.1, -0.05) is 42.5 Å². The number of benzene rings is 1. The average Bonchev–Trinajstić information content (AvgIpc) is 3.08. The Labute approximate surface area is 122 Å². The Hall–Kier alpha value is -0.930. The molecule has 0 heterocycles. The Morgan fingerprint density at radius 1 is 1.32 bits per heavy atom. The van der Waals surface area contributed by atoms with Crippen LogP contribution in [0.1, 0.15) is 38.7 Å². The standard InChI is InChI=1S/C16H24N2S/c1-13(2)18(11-14-6-4-3-5-7-14)12-16(8-9-16)10-15(17)19/h3-7,13H,8-12H2,1-2H3,(H2,17,19). The van der Waals surface area contributed by atoms with Crippen LogP contribution in [0.15, 0.2) is 30.3 Å². The number of rotatable bonds is 7. The van der Waals surface area contributed by atoms with E-state index in [9.17, 15) is 0 Å². The Morgan fingerprint density at radius 3 is 2.42 bits per heavy atom. The first kappa shape index (κ1) is 14.5. The SMILES string of the molecule is CC(C)N(Cc1ccccc1)CC1(CC(N)=S)CC1. The summed E-state index contributed by atoms with van der Waals surface area (Å²) < 4.78 is 0. The first-order chi connectivity index (χ1) is 9.01. The number of nitrogens with zero attached hydrogens (tertiary/aromatic N) is 1. The first-order valence-electron chi connectivity index (χ1n) is 7.07. The lowest BCUT2D eigenvalue weighted by atomic mass is 10.0. The zero-order chi connectivity index (χ0) is 13.9. The quantitative estimate of drug-likeness (QED) is 0.774. The average molecular weight is 276 g/mol. The molecule has 0 aromatic heterocycles. The van der Waals surface area contributed by atoms with Gasteiger partial charge in [-0.15, -0.1) is 0 Å². The van der Waals surface area contributed by atoms with Crippen molar-refractivity contribution in [2.24, 2.45) is 11.1 Å². The number of hydrogen-bond donors (Lipinski definition) is 1. The molecule has 2 nitrogen and oxygen atoms in total. The van der Waals surface area contributed by atoms with Crippen molar-refractivity contribution >= 4 is 17.2 Å². The molecular weight excluding hydrogens is 252 g/mol. The second-order valence-corrected chi connectivity index (χ2v) is 6.65. The summed E-state index contributed by atoms with van der Waals surface area (Å²) in [6.45, 7) is 6.65. The number of hydrogen-bond acceptors (Lipinski definition) is 2. The lowest BCUT2D eigenvalue weighted by molar-refractivity contribution is 0.171. The van der Waals surface area contributed by atoms with E-state index in [4.69, 9.17) is 18.0 Å². The van der Waals surface area contributed by atoms with Crippen molar-refractivity contribution in [3.05, 3.63) is 35.9 Å². The van der Waals surface area contributed by atoms with E-state index in [1.165, 1.54) is 18.4 Å². The minimum Gasteiger partial charge on any atom is -0.393 e. The number of thiocarbonyl (C=S) groups is 1. The molecule has 19 heavy (non-hydrogen) atoms. The summed E-state index contributed by atoms with van der Waals surface area (Å²) in [5.74, 6) is 0. The van der Waals surface area contributed by atoms with Crippen LogP contribution in [0.3, 0.4) is 0 Å². The molecule has 2 rings (SSSR count). The fourth-order valence-electron chi connectivity index (χ4n) is 2.61. The lowest BCUT2D eigenvalue weighted by Crippen LogP contribution is -2.36. The molecule has 0 bridgehead atoms. The fourth-order valence-corrected chi connectivity index (χ4v) is 2.91. The third kappa shape index (κ3) is 4.29. The largest absolute Gasteiger partial charge is 0.393 e. The highest BCUT2D eigenvalue weighted by Crippen LogP contribution is 2.49. The summed E-state index contributed by atoms with van der Waals surface area (Å²) in [6.07, 6.45) is 3.44. The minimum absolute atomic E-state index is 0.366. The van der Waals surface area contributed by atoms with Crippen molar-refractivity contribution in [2.75, 3.05) is 6.54 Å². The van der Waals surface area contributed by atoms with Gasteiger partial charge in [0.25, 0.3) is 0 Å². The van der Waals surface area contributed by atoms with Gasteiger partial charge in [0.1, 0.15) is 0 Å². The van der Waals surface area contributed by atoms with Crippen molar-refractivity contribution in [2.45, 2.75) is 45.7 Å². The van der Waals surface area contributed by atoms with E-state index in [2.05, 4.69) is 49.1 Å². The van der Waals surface area contributed by atoms with Crippen LogP contribution in [-0.4, -0.2) is 22.5 Å². The van der Waals surface area contributed by atoms with Gasteiger partial charge in [-0.25, -0.2) is 0 Å². The van der Waals surface area contributed by atoms with Crippen molar-refractivity contribution in [1.82, 2.24) is 4.90 Å². The fraction of sp³-hybridized carbons (Fsp3) is 0.562.